The summed E-state index contributed by atoms with van der Waals surface area (Å²) in [6.07, 6.45) is 0.593. The van der Waals surface area contributed by atoms with Crippen LogP contribution in [0.2, 0.25) is 0 Å². The van der Waals surface area contributed by atoms with Crippen molar-refractivity contribution in [2.24, 2.45) is 0 Å². The summed E-state index contributed by atoms with van der Waals surface area (Å²) < 4.78 is 31.0. The summed E-state index contributed by atoms with van der Waals surface area (Å²) in [5.74, 6) is 0.663. The summed E-state index contributed by atoms with van der Waals surface area (Å²) in [5.41, 5.74) is 2.29. The van der Waals surface area contributed by atoms with Gasteiger partial charge in [0.2, 0.25) is 10.0 Å². The van der Waals surface area contributed by atoms with Crippen LogP contribution in [0.25, 0.3) is 0 Å². The van der Waals surface area contributed by atoms with E-state index < -0.39 is 10.0 Å². The zero-order valence-electron chi connectivity index (χ0n) is 12.4. The van der Waals surface area contributed by atoms with E-state index in [0.29, 0.717) is 25.4 Å². The fraction of sp³-hybridized carbons (Fsp3) is 0.600. The summed E-state index contributed by atoms with van der Waals surface area (Å²) in [6, 6.07) is 8.18. The van der Waals surface area contributed by atoms with Crippen LogP contribution in [0.3, 0.4) is 0 Å². The van der Waals surface area contributed by atoms with E-state index in [4.69, 9.17) is 4.74 Å². The second-order valence-corrected chi connectivity index (χ2v) is 7.74. The molecule has 1 atom stereocenters. The Morgan fingerprint density at radius 2 is 1.95 bits per heavy atom. The van der Waals surface area contributed by atoms with Crippen molar-refractivity contribution >= 4 is 10.0 Å². The largest absolute Gasteiger partial charge is 0.380 e. The van der Waals surface area contributed by atoms with Crippen LogP contribution in [-0.2, 0) is 21.3 Å². The van der Waals surface area contributed by atoms with Gasteiger partial charge < -0.3 is 4.74 Å². The fourth-order valence-electron chi connectivity index (χ4n) is 2.41. The topological polar surface area (TPSA) is 46.6 Å². The first-order chi connectivity index (χ1) is 9.42. The highest BCUT2D eigenvalue weighted by Gasteiger charge is 2.31. The van der Waals surface area contributed by atoms with Crippen LogP contribution >= 0.6 is 0 Å². The molecule has 1 aromatic carbocycles. The van der Waals surface area contributed by atoms with E-state index in [9.17, 15) is 8.42 Å². The van der Waals surface area contributed by atoms with Crippen molar-refractivity contribution in [3.63, 3.8) is 0 Å². The molecule has 1 aliphatic heterocycles. The van der Waals surface area contributed by atoms with Crippen LogP contribution in [0, 0.1) is 0 Å². The van der Waals surface area contributed by atoms with E-state index in [1.807, 2.05) is 12.1 Å². The summed E-state index contributed by atoms with van der Waals surface area (Å²) in [7, 11) is -1.50. The van der Waals surface area contributed by atoms with E-state index >= 15 is 0 Å². The highest BCUT2D eigenvalue weighted by molar-refractivity contribution is 7.89. The highest BCUT2D eigenvalue weighted by atomic mass is 32.2. The summed E-state index contributed by atoms with van der Waals surface area (Å²) in [5, 5.41) is 0. The molecule has 1 unspecified atom stereocenters. The molecule has 0 amide bonds. The third-order valence-corrected chi connectivity index (χ3v) is 5.65. The minimum Gasteiger partial charge on any atom is -0.380 e. The van der Waals surface area contributed by atoms with Crippen molar-refractivity contribution < 1.29 is 13.2 Å². The average Bonchev–Trinajstić information content (AvgIpc) is 2.41. The molecule has 112 valence electrons. The van der Waals surface area contributed by atoms with E-state index in [2.05, 4.69) is 26.0 Å². The number of sulfonamides is 1. The number of nitrogens with zero attached hydrogens (tertiary/aromatic N) is 1. The molecule has 0 aromatic heterocycles. The summed E-state index contributed by atoms with van der Waals surface area (Å²) in [6.45, 7) is 5.17. The molecular weight excluding hydrogens is 274 g/mol. The molecule has 2 rings (SSSR count). The van der Waals surface area contributed by atoms with Gasteiger partial charge in [0.1, 0.15) is 0 Å². The number of hydrogen-bond acceptors (Lipinski definition) is 3. The van der Waals surface area contributed by atoms with Gasteiger partial charge in [0, 0.05) is 20.2 Å². The Bertz CT molecular complexity index is 537. The minimum atomic E-state index is -3.14. The maximum Gasteiger partial charge on any atom is 0.214 e. The van der Waals surface area contributed by atoms with Gasteiger partial charge >= 0.3 is 0 Å². The number of benzene rings is 1. The van der Waals surface area contributed by atoms with Crippen LogP contribution in [0.4, 0.5) is 0 Å². The summed E-state index contributed by atoms with van der Waals surface area (Å²) >= 11 is 0. The van der Waals surface area contributed by atoms with E-state index in [1.54, 1.807) is 7.11 Å². The van der Waals surface area contributed by atoms with E-state index in [1.165, 1.54) is 9.87 Å². The van der Waals surface area contributed by atoms with E-state index in [0.717, 1.165) is 5.56 Å². The van der Waals surface area contributed by atoms with Gasteiger partial charge in [0.05, 0.1) is 11.9 Å². The molecule has 0 spiro atoms. The third kappa shape index (κ3) is 3.59. The van der Waals surface area contributed by atoms with Crippen molar-refractivity contribution in [1.82, 2.24) is 4.31 Å². The quantitative estimate of drug-likeness (QED) is 0.857. The molecule has 1 heterocycles. The van der Waals surface area contributed by atoms with Gasteiger partial charge in [-0.1, -0.05) is 38.1 Å². The molecule has 1 saturated heterocycles. The van der Waals surface area contributed by atoms with Gasteiger partial charge in [-0.15, -0.1) is 0 Å². The maximum absolute atomic E-state index is 12.1. The molecule has 20 heavy (non-hydrogen) atoms. The first kappa shape index (κ1) is 15.5. The molecule has 1 aromatic rings. The first-order valence-electron chi connectivity index (χ1n) is 7.02. The standard InChI is InChI=1S/C15H23NO3S/c1-12(2)14-6-4-13(5-7-14)10-16-11-15(19-3)8-9-20(16,17)18/h4-7,12,15H,8-11H2,1-3H3. The van der Waals surface area contributed by atoms with Crippen molar-refractivity contribution in [2.45, 2.75) is 38.8 Å². The first-order valence-corrected chi connectivity index (χ1v) is 8.62. The predicted molar refractivity (Wildman–Crippen MR) is 80.1 cm³/mol. The van der Waals surface area contributed by atoms with Crippen LogP contribution in [0.1, 0.15) is 37.3 Å². The number of rotatable bonds is 4. The lowest BCUT2D eigenvalue weighted by Crippen LogP contribution is -2.44. The molecule has 0 N–H and O–H groups in total. The lowest BCUT2D eigenvalue weighted by atomic mass is 10.0. The van der Waals surface area contributed by atoms with Gasteiger partial charge in [0.15, 0.2) is 0 Å². The van der Waals surface area contributed by atoms with Crippen molar-refractivity contribution in [1.29, 1.82) is 0 Å². The zero-order chi connectivity index (χ0) is 14.8. The normalized spacial score (nSPS) is 23.1. The minimum absolute atomic E-state index is 0.00784. The maximum atomic E-state index is 12.1. The molecule has 0 saturated carbocycles. The number of ether oxygens (including phenoxy) is 1. The second kappa shape index (κ2) is 6.24. The Labute approximate surface area is 121 Å². The summed E-state index contributed by atoms with van der Waals surface area (Å²) in [4.78, 5) is 0. The lowest BCUT2D eigenvalue weighted by Gasteiger charge is -2.31. The zero-order valence-corrected chi connectivity index (χ0v) is 13.2. The number of methoxy groups -OCH3 is 1. The number of hydrogen-bond donors (Lipinski definition) is 0. The van der Waals surface area contributed by atoms with Crippen LogP contribution < -0.4 is 0 Å². The molecule has 0 bridgehead atoms. The molecule has 4 nitrogen and oxygen atoms in total. The molecule has 0 radical (unpaired) electrons. The average molecular weight is 297 g/mol. The van der Waals surface area contributed by atoms with Crippen LogP contribution in [0.15, 0.2) is 24.3 Å². The molecule has 1 aliphatic rings. The van der Waals surface area contributed by atoms with Crippen molar-refractivity contribution in [2.75, 3.05) is 19.4 Å². The Kier molecular flexibility index (Phi) is 4.83. The van der Waals surface area contributed by atoms with Gasteiger partial charge in [-0.3, -0.25) is 0 Å². The van der Waals surface area contributed by atoms with E-state index in [-0.39, 0.29) is 11.9 Å². The third-order valence-electron chi connectivity index (χ3n) is 3.84. The van der Waals surface area contributed by atoms with Crippen LogP contribution in [0.5, 0.6) is 0 Å². The van der Waals surface area contributed by atoms with Gasteiger partial charge in [-0.2, -0.15) is 4.31 Å². The molecular formula is C15H23NO3S. The SMILES string of the molecule is COC1CCS(=O)(=O)N(Cc2ccc(C(C)C)cc2)C1. The Hall–Kier alpha value is -0.910. The molecule has 0 aliphatic carbocycles. The van der Waals surface area contributed by atoms with Crippen LogP contribution in [-0.4, -0.2) is 38.2 Å². The monoisotopic (exact) mass is 297 g/mol. The Balaban J connectivity index is 2.10. The molecule has 1 fully saturated rings. The van der Waals surface area contributed by atoms with Gasteiger partial charge in [-0.05, 0) is 23.5 Å². The Morgan fingerprint density at radius 1 is 1.30 bits per heavy atom. The van der Waals surface area contributed by atoms with Crippen molar-refractivity contribution in [3.8, 4) is 0 Å². The molecule has 5 heteroatoms. The van der Waals surface area contributed by atoms with Gasteiger partial charge in [-0.25, -0.2) is 8.42 Å². The predicted octanol–water partition coefficient (Wildman–Crippen LogP) is 2.36. The Morgan fingerprint density at radius 3 is 2.50 bits per heavy atom. The smallest absolute Gasteiger partial charge is 0.214 e. The second-order valence-electron chi connectivity index (χ2n) is 5.65. The highest BCUT2D eigenvalue weighted by Crippen LogP contribution is 2.20. The van der Waals surface area contributed by atoms with Crippen molar-refractivity contribution in [3.05, 3.63) is 35.4 Å². The lowest BCUT2D eigenvalue weighted by molar-refractivity contribution is 0.0739. The van der Waals surface area contributed by atoms with Gasteiger partial charge in [0.25, 0.3) is 0 Å². The fourth-order valence-corrected chi connectivity index (χ4v) is 3.97.